The molecule has 5 nitrogen and oxygen atoms in total. The van der Waals surface area contributed by atoms with Crippen molar-refractivity contribution in [3.05, 3.63) is 29.0 Å². The molecule has 1 aliphatic rings. The SMILES string of the molecule is CC(=O)N1CCN(CCC(=O)Nc2ccc(Cl)cc2F)CC1. The molecule has 1 heterocycles. The zero-order valence-electron chi connectivity index (χ0n) is 12.4. The molecular weight excluding hydrogens is 309 g/mol. The van der Waals surface area contributed by atoms with Crippen LogP contribution < -0.4 is 5.32 Å². The monoisotopic (exact) mass is 327 g/mol. The highest BCUT2D eigenvalue weighted by molar-refractivity contribution is 6.30. The van der Waals surface area contributed by atoms with Crippen molar-refractivity contribution in [2.75, 3.05) is 38.0 Å². The van der Waals surface area contributed by atoms with Crippen molar-refractivity contribution in [1.29, 1.82) is 0 Å². The van der Waals surface area contributed by atoms with Crippen LogP contribution in [0, 0.1) is 5.82 Å². The number of hydrogen-bond acceptors (Lipinski definition) is 3. The Morgan fingerprint density at radius 3 is 2.55 bits per heavy atom. The molecule has 0 spiro atoms. The number of hydrogen-bond donors (Lipinski definition) is 1. The Bertz CT molecular complexity index is 560. The summed E-state index contributed by atoms with van der Waals surface area (Å²) in [4.78, 5) is 27.0. The topological polar surface area (TPSA) is 52.7 Å². The van der Waals surface area contributed by atoms with E-state index in [-0.39, 0.29) is 23.9 Å². The molecule has 2 rings (SSSR count). The molecular formula is C15H19ClFN3O2. The van der Waals surface area contributed by atoms with E-state index in [9.17, 15) is 14.0 Å². The van der Waals surface area contributed by atoms with Crippen LogP contribution in [-0.2, 0) is 9.59 Å². The van der Waals surface area contributed by atoms with Crippen LogP contribution in [0.25, 0.3) is 0 Å². The van der Waals surface area contributed by atoms with E-state index in [1.54, 1.807) is 11.8 Å². The van der Waals surface area contributed by atoms with Crippen LogP contribution in [-0.4, -0.2) is 54.3 Å². The Kier molecular flexibility index (Phi) is 5.74. The van der Waals surface area contributed by atoms with Crippen LogP contribution in [0.3, 0.4) is 0 Å². The summed E-state index contributed by atoms with van der Waals surface area (Å²) in [6, 6.07) is 4.14. The first-order chi connectivity index (χ1) is 10.5. The van der Waals surface area contributed by atoms with Gasteiger partial charge in [0.15, 0.2) is 0 Å². The Balaban J connectivity index is 1.75. The number of piperazine rings is 1. The van der Waals surface area contributed by atoms with Gasteiger partial charge >= 0.3 is 0 Å². The summed E-state index contributed by atoms with van der Waals surface area (Å²) < 4.78 is 13.6. The summed E-state index contributed by atoms with van der Waals surface area (Å²) in [6.07, 6.45) is 0.280. The zero-order valence-corrected chi connectivity index (χ0v) is 13.2. The van der Waals surface area contributed by atoms with E-state index in [1.807, 2.05) is 0 Å². The van der Waals surface area contributed by atoms with Gasteiger partial charge in [-0.1, -0.05) is 11.6 Å². The zero-order chi connectivity index (χ0) is 16.1. The van der Waals surface area contributed by atoms with Gasteiger partial charge in [-0.3, -0.25) is 14.5 Å². The number of halogens is 2. The number of anilines is 1. The van der Waals surface area contributed by atoms with Crippen LogP contribution in [0.4, 0.5) is 10.1 Å². The van der Waals surface area contributed by atoms with Gasteiger partial charge in [0, 0.05) is 51.1 Å². The van der Waals surface area contributed by atoms with E-state index >= 15 is 0 Å². The Labute approximate surface area is 134 Å². The molecule has 22 heavy (non-hydrogen) atoms. The summed E-state index contributed by atoms with van der Waals surface area (Å²) in [6.45, 7) is 5.02. The maximum absolute atomic E-state index is 13.6. The molecule has 1 aromatic carbocycles. The lowest BCUT2D eigenvalue weighted by molar-refractivity contribution is -0.130. The average Bonchev–Trinajstić information content (AvgIpc) is 2.48. The molecule has 1 aliphatic heterocycles. The van der Waals surface area contributed by atoms with Crippen LogP contribution >= 0.6 is 11.6 Å². The molecule has 0 saturated carbocycles. The number of amides is 2. The predicted octanol–water partition coefficient (Wildman–Crippen LogP) is 1.97. The van der Waals surface area contributed by atoms with E-state index < -0.39 is 5.82 Å². The molecule has 0 bridgehead atoms. The normalized spacial score (nSPS) is 15.7. The van der Waals surface area contributed by atoms with E-state index in [4.69, 9.17) is 11.6 Å². The van der Waals surface area contributed by atoms with E-state index in [0.29, 0.717) is 24.7 Å². The number of rotatable bonds is 4. The van der Waals surface area contributed by atoms with Crippen molar-refractivity contribution in [2.45, 2.75) is 13.3 Å². The number of nitrogens with zero attached hydrogens (tertiary/aromatic N) is 2. The third kappa shape index (κ3) is 4.68. The number of carbonyl (C=O) groups is 2. The van der Waals surface area contributed by atoms with E-state index in [1.165, 1.54) is 12.1 Å². The van der Waals surface area contributed by atoms with Gasteiger partial charge in [0.25, 0.3) is 0 Å². The molecule has 1 aromatic rings. The second kappa shape index (κ2) is 7.56. The van der Waals surface area contributed by atoms with Gasteiger partial charge in [0.2, 0.25) is 11.8 Å². The first-order valence-electron chi connectivity index (χ1n) is 7.18. The maximum atomic E-state index is 13.6. The van der Waals surface area contributed by atoms with Crippen molar-refractivity contribution in [2.24, 2.45) is 0 Å². The van der Waals surface area contributed by atoms with Gasteiger partial charge in [-0.2, -0.15) is 0 Å². The predicted molar refractivity (Wildman–Crippen MR) is 83.4 cm³/mol. The highest BCUT2D eigenvalue weighted by Crippen LogP contribution is 2.19. The van der Waals surface area contributed by atoms with Crippen LogP contribution in [0.2, 0.25) is 5.02 Å². The van der Waals surface area contributed by atoms with Crippen molar-refractivity contribution < 1.29 is 14.0 Å². The quantitative estimate of drug-likeness (QED) is 0.920. The maximum Gasteiger partial charge on any atom is 0.225 e. The third-order valence-electron chi connectivity index (χ3n) is 3.68. The van der Waals surface area contributed by atoms with Crippen molar-refractivity contribution in [1.82, 2.24) is 9.80 Å². The number of carbonyl (C=O) groups excluding carboxylic acids is 2. The van der Waals surface area contributed by atoms with Crippen LogP contribution in [0.1, 0.15) is 13.3 Å². The second-order valence-corrected chi connectivity index (χ2v) is 5.71. The van der Waals surface area contributed by atoms with Gasteiger partial charge in [0.1, 0.15) is 5.82 Å². The van der Waals surface area contributed by atoms with Gasteiger partial charge in [0.05, 0.1) is 5.69 Å². The van der Waals surface area contributed by atoms with Gasteiger partial charge < -0.3 is 10.2 Å². The summed E-state index contributed by atoms with van der Waals surface area (Å²) in [5, 5.41) is 2.83. The molecule has 1 saturated heterocycles. The Morgan fingerprint density at radius 2 is 1.95 bits per heavy atom. The number of benzene rings is 1. The van der Waals surface area contributed by atoms with E-state index in [0.717, 1.165) is 19.2 Å². The Hall–Kier alpha value is -1.66. The fourth-order valence-corrected chi connectivity index (χ4v) is 2.51. The fourth-order valence-electron chi connectivity index (χ4n) is 2.35. The van der Waals surface area contributed by atoms with Crippen LogP contribution in [0.15, 0.2) is 18.2 Å². The van der Waals surface area contributed by atoms with Crippen molar-refractivity contribution in [3.63, 3.8) is 0 Å². The summed E-state index contributed by atoms with van der Waals surface area (Å²) in [5.41, 5.74) is 0.135. The summed E-state index contributed by atoms with van der Waals surface area (Å²) in [5.74, 6) is -0.707. The molecule has 0 radical (unpaired) electrons. The fraction of sp³-hybridized carbons (Fsp3) is 0.467. The molecule has 0 atom stereocenters. The number of nitrogens with one attached hydrogen (secondary N) is 1. The van der Waals surface area contributed by atoms with Crippen molar-refractivity contribution >= 4 is 29.1 Å². The first kappa shape index (κ1) is 16.7. The van der Waals surface area contributed by atoms with Crippen LogP contribution in [0.5, 0.6) is 0 Å². The third-order valence-corrected chi connectivity index (χ3v) is 3.91. The minimum Gasteiger partial charge on any atom is -0.340 e. The molecule has 0 aromatic heterocycles. The lowest BCUT2D eigenvalue weighted by Gasteiger charge is -2.34. The molecule has 0 aliphatic carbocycles. The first-order valence-corrected chi connectivity index (χ1v) is 7.56. The molecule has 1 fully saturated rings. The van der Waals surface area contributed by atoms with Crippen molar-refractivity contribution in [3.8, 4) is 0 Å². The Morgan fingerprint density at radius 1 is 1.27 bits per heavy atom. The lowest BCUT2D eigenvalue weighted by Crippen LogP contribution is -2.48. The molecule has 1 N–H and O–H groups in total. The largest absolute Gasteiger partial charge is 0.340 e. The van der Waals surface area contributed by atoms with E-state index in [2.05, 4.69) is 10.2 Å². The van der Waals surface area contributed by atoms with Gasteiger partial charge in [-0.15, -0.1) is 0 Å². The minimum atomic E-state index is -0.545. The smallest absolute Gasteiger partial charge is 0.225 e. The highest BCUT2D eigenvalue weighted by Gasteiger charge is 2.19. The standard InChI is InChI=1S/C15H19ClFN3O2/c1-11(21)20-8-6-19(7-9-20)5-4-15(22)18-14-3-2-12(16)10-13(14)17/h2-3,10H,4-9H2,1H3,(H,18,22). The van der Waals surface area contributed by atoms with Gasteiger partial charge in [-0.25, -0.2) is 4.39 Å². The summed E-state index contributed by atoms with van der Waals surface area (Å²) in [7, 11) is 0. The molecule has 2 amide bonds. The molecule has 0 unspecified atom stereocenters. The molecule has 7 heteroatoms. The second-order valence-electron chi connectivity index (χ2n) is 5.27. The average molecular weight is 328 g/mol. The molecule has 120 valence electrons. The minimum absolute atomic E-state index is 0.0793. The lowest BCUT2D eigenvalue weighted by atomic mass is 10.2. The summed E-state index contributed by atoms with van der Waals surface area (Å²) >= 11 is 5.66. The van der Waals surface area contributed by atoms with Gasteiger partial charge in [-0.05, 0) is 18.2 Å². The highest BCUT2D eigenvalue weighted by atomic mass is 35.5.